The van der Waals surface area contributed by atoms with Gasteiger partial charge < -0.3 is 15.0 Å². The van der Waals surface area contributed by atoms with Crippen molar-refractivity contribution < 1.29 is 23.5 Å². The lowest BCUT2D eigenvalue weighted by Gasteiger charge is -2.08. The van der Waals surface area contributed by atoms with Crippen molar-refractivity contribution in [1.82, 2.24) is 4.90 Å². The number of amides is 2. The van der Waals surface area contributed by atoms with Crippen LogP contribution in [0.25, 0.3) is 0 Å². The van der Waals surface area contributed by atoms with E-state index in [-0.39, 0.29) is 22.0 Å². The molecule has 0 fully saturated rings. The van der Waals surface area contributed by atoms with Crippen molar-refractivity contribution in [3.63, 3.8) is 0 Å². The molecule has 132 valence electrons. The zero-order valence-electron chi connectivity index (χ0n) is 14.2. The molecule has 8 heteroatoms. The van der Waals surface area contributed by atoms with Gasteiger partial charge >= 0.3 is 5.97 Å². The normalized spacial score (nSPS) is 10.3. The molecule has 0 unspecified atom stereocenters. The van der Waals surface area contributed by atoms with E-state index in [1.165, 1.54) is 24.1 Å². The van der Waals surface area contributed by atoms with Crippen LogP contribution < -0.4 is 5.32 Å². The summed E-state index contributed by atoms with van der Waals surface area (Å²) in [5.74, 6) is -1.91. The highest BCUT2D eigenvalue weighted by molar-refractivity contribution is 7.18. The van der Waals surface area contributed by atoms with Gasteiger partial charge in [0.05, 0.1) is 17.6 Å². The van der Waals surface area contributed by atoms with Gasteiger partial charge in [-0.3, -0.25) is 9.59 Å². The monoisotopic (exact) mass is 364 g/mol. The van der Waals surface area contributed by atoms with E-state index in [0.717, 1.165) is 23.5 Å². The van der Waals surface area contributed by atoms with Gasteiger partial charge in [-0.2, -0.15) is 0 Å². The van der Waals surface area contributed by atoms with Crippen LogP contribution in [0.2, 0.25) is 0 Å². The van der Waals surface area contributed by atoms with E-state index in [4.69, 9.17) is 4.74 Å². The first-order valence-electron chi connectivity index (χ1n) is 7.26. The number of halogens is 1. The van der Waals surface area contributed by atoms with Crippen LogP contribution in [-0.2, 0) is 4.74 Å². The standard InChI is InChI=1S/C17H17FN2O4S/c1-9-12(17(23)24-4)15(25-13(9)16(22)20(2)3)19-14(21)10-5-7-11(18)8-6-10/h5-8H,1-4H3,(H,19,21). The van der Waals surface area contributed by atoms with Crippen LogP contribution in [0.1, 0.15) is 36.0 Å². The fourth-order valence-electron chi connectivity index (χ4n) is 2.13. The first kappa shape index (κ1) is 18.6. The molecule has 0 saturated carbocycles. The second kappa shape index (κ2) is 7.43. The number of hydrogen-bond acceptors (Lipinski definition) is 5. The van der Waals surface area contributed by atoms with Crippen molar-refractivity contribution in [2.45, 2.75) is 6.92 Å². The topological polar surface area (TPSA) is 75.7 Å². The Balaban J connectivity index is 2.43. The van der Waals surface area contributed by atoms with E-state index >= 15 is 0 Å². The Morgan fingerprint density at radius 1 is 1.16 bits per heavy atom. The van der Waals surface area contributed by atoms with Gasteiger partial charge in [0.15, 0.2) is 0 Å². The zero-order valence-corrected chi connectivity index (χ0v) is 15.0. The molecular formula is C17H17FN2O4S. The smallest absolute Gasteiger partial charge is 0.341 e. The van der Waals surface area contributed by atoms with E-state index in [0.29, 0.717) is 10.4 Å². The summed E-state index contributed by atoms with van der Waals surface area (Å²) in [6, 6.07) is 4.98. The Labute approximate surface area is 148 Å². The Bertz CT molecular complexity index is 828. The van der Waals surface area contributed by atoms with Gasteiger partial charge in [0.2, 0.25) is 0 Å². The molecule has 0 spiro atoms. The molecule has 0 aliphatic rings. The summed E-state index contributed by atoms with van der Waals surface area (Å²) < 4.78 is 17.7. The molecule has 25 heavy (non-hydrogen) atoms. The third-order valence-corrected chi connectivity index (χ3v) is 4.67. The number of thiophene rings is 1. The number of benzene rings is 1. The van der Waals surface area contributed by atoms with Gasteiger partial charge in [-0.1, -0.05) is 0 Å². The lowest BCUT2D eigenvalue weighted by Crippen LogP contribution is -2.21. The quantitative estimate of drug-likeness (QED) is 0.847. The molecule has 2 aromatic rings. The lowest BCUT2D eigenvalue weighted by atomic mass is 10.1. The Morgan fingerprint density at radius 2 is 1.76 bits per heavy atom. The van der Waals surface area contributed by atoms with Crippen LogP contribution >= 0.6 is 11.3 Å². The van der Waals surface area contributed by atoms with Crippen LogP contribution in [0.4, 0.5) is 9.39 Å². The van der Waals surface area contributed by atoms with E-state index in [1.807, 2.05) is 0 Å². The molecule has 1 aromatic carbocycles. The molecule has 0 saturated heterocycles. The maximum atomic E-state index is 13.0. The fraction of sp³-hybridized carbons (Fsp3) is 0.235. The SMILES string of the molecule is COC(=O)c1c(NC(=O)c2ccc(F)cc2)sc(C(=O)N(C)C)c1C. The number of nitrogens with one attached hydrogen (secondary N) is 1. The molecule has 0 radical (unpaired) electrons. The molecule has 6 nitrogen and oxygen atoms in total. The lowest BCUT2D eigenvalue weighted by molar-refractivity contribution is 0.0601. The number of rotatable bonds is 4. The number of carbonyl (C=O) groups is 3. The minimum Gasteiger partial charge on any atom is -0.465 e. The highest BCUT2D eigenvalue weighted by Crippen LogP contribution is 2.34. The molecule has 1 N–H and O–H groups in total. The average molecular weight is 364 g/mol. The van der Waals surface area contributed by atoms with Crippen molar-refractivity contribution in [3.05, 3.63) is 51.7 Å². The van der Waals surface area contributed by atoms with Crippen LogP contribution in [0, 0.1) is 12.7 Å². The molecule has 1 aromatic heterocycles. The molecule has 2 amide bonds. The number of hydrogen-bond donors (Lipinski definition) is 1. The predicted molar refractivity (Wildman–Crippen MR) is 92.8 cm³/mol. The summed E-state index contributed by atoms with van der Waals surface area (Å²) in [6.07, 6.45) is 0. The van der Waals surface area contributed by atoms with E-state index in [9.17, 15) is 18.8 Å². The third-order valence-electron chi connectivity index (χ3n) is 3.47. The Kier molecular flexibility index (Phi) is 5.53. The number of nitrogens with zero attached hydrogens (tertiary/aromatic N) is 1. The summed E-state index contributed by atoms with van der Waals surface area (Å²) in [5, 5.41) is 2.81. The number of esters is 1. The number of anilines is 1. The summed E-state index contributed by atoms with van der Waals surface area (Å²) in [5.41, 5.74) is 0.793. The Hall–Kier alpha value is -2.74. The largest absolute Gasteiger partial charge is 0.465 e. The molecule has 0 atom stereocenters. The molecular weight excluding hydrogens is 347 g/mol. The van der Waals surface area contributed by atoms with Gasteiger partial charge in [0.1, 0.15) is 10.8 Å². The summed E-state index contributed by atoms with van der Waals surface area (Å²) in [4.78, 5) is 38.4. The molecule has 2 rings (SSSR count). The van der Waals surface area contributed by atoms with Crippen molar-refractivity contribution >= 4 is 34.1 Å². The van der Waals surface area contributed by atoms with Crippen molar-refractivity contribution in [2.24, 2.45) is 0 Å². The first-order chi connectivity index (χ1) is 11.8. The van der Waals surface area contributed by atoms with Crippen LogP contribution in [0.15, 0.2) is 24.3 Å². The van der Waals surface area contributed by atoms with Crippen molar-refractivity contribution in [1.29, 1.82) is 0 Å². The summed E-state index contributed by atoms with van der Waals surface area (Å²) in [6.45, 7) is 1.62. The van der Waals surface area contributed by atoms with Gasteiger partial charge in [0, 0.05) is 19.7 Å². The van der Waals surface area contributed by atoms with E-state index in [2.05, 4.69) is 5.32 Å². The third kappa shape index (κ3) is 3.85. The molecule has 1 heterocycles. The Morgan fingerprint density at radius 3 is 2.28 bits per heavy atom. The second-order valence-corrected chi connectivity index (χ2v) is 6.43. The second-order valence-electron chi connectivity index (χ2n) is 5.41. The molecule has 0 bridgehead atoms. The van der Waals surface area contributed by atoms with E-state index in [1.54, 1.807) is 21.0 Å². The van der Waals surface area contributed by atoms with Gasteiger partial charge in [-0.25, -0.2) is 9.18 Å². The number of ether oxygens (including phenoxy) is 1. The summed E-state index contributed by atoms with van der Waals surface area (Å²) >= 11 is 0.994. The highest BCUT2D eigenvalue weighted by atomic mass is 32.1. The number of carbonyl (C=O) groups excluding carboxylic acids is 3. The first-order valence-corrected chi connectivity index (χ1v) is 8.08. The van der Waals surface area contributed by atoms with Crippen molar-refractivity contribution in [2.75, 3.05) is 26.5 Å². The maximum absolute atomic E-state index is 13.0. The summed E-state index contributed by atoms with van der Waals surface area (Å²) in [7, 11) is 4.41. The predicted octanol–water partition coefficient (Wildman–Crippen LogP) is 2.94. The van der Waals surface area contributed by atoms with Gasteiger partial charge in [0.25, 0.3) is 11.8 Å². The fourth-order valence-corrected chi connectivity index (χ4v) is 3.34. The average Bonchev–Trinajstić information content (AvgIpc) is 2.90. The van der Waals surface area contributed by atoms with Crippen LogP contribution in [0.3, 0.4) is 0 Å². The molecule has 0 aliphatic carbocycles. The highest BCUT2D eigenvalue weighted by Gasteiger charge is 2.27. The number of methoxy groups -OCH3 is 1. The van der Waals surface area contributed by atoms with E-state index < -0.39 is 17.7 Å². The maximum Gasteiger partial charge on any atom is 0.341 e. The van der Waals surface area contributed by atoms with Crippen molar-refractivity contribution in [3.8, 4) is 0 Å². The minimum atomic E-state index is -0.652. The van der Waals surface area contributed by atoms with Gasteiger partial charge in [-0.05, 0) is 36.8 Å². The zero-order chi connectivity index (χ0) is 18.7. The van der Waals surface area contributed by atoms with Gasteiger partial charge in [-0.15, -0.1) is 11.3 Å². The molecule has 0 aliphatic heterocycles. The van der Waals surface area contributed by atoms with Crippen LogP contribution in [-0.4, -0.2) is 43.9 Å². The van der Waals surface area contributed by atoms with Crippen LogP contribution in [0.5, 0.6) is 0 Å². The minimum absolute atomic E-state index is 0.133.